The number of alkyl halides is 1. The summed E-state index contributed by atoms with van der Waals surface area (Å²) < 4.78 is 32.1. The molecule has 0 aromatic heterocycles. The molecule has 0 saturated heterocycles. The maximum atomic E-state index is 13.7. The van der Waals surface area contributed by atoms with Gasteiger partial charge in [-0.3, -0.25) is 0 Å². The number of benzene rings is 2. The molecule has 0 aliphatic heterocycles. The lowest BCUT2D eigenvalue weighted by atomic mass is 9.93. The van der Waals surface area contributed by atoms with E-state index < -0.39 is 11.6 Å². The van der Waals surface area contributed by atoms with E-state index in [2.05, 4.69) is 0 Å². The van der Waals surface area contributed by atoms with Crippen LogP contribution in [0.4, 0.5) is 8.78 Å². The Morgan fingerprint density at radius 1 is 1.10 bits per heavy atom. The van der Waals surface area contributed by atoms with Gasteiger partial charge in [0.25, 0.3) is 0 Å². The van der Waals surface area contributed by atoms with E-state index in [1.54, 1.807) is 13.2 Å². The first kappa shape index (κ1) is 15.8. The van der Waals surface area contributed by atoms with Gasteiger partial charge in [-0.1, -0.05) is 24.3 Å². The zero-order valence-corrected chi connectivity index (χ0v) is 12.5. The zero-order chi connectivity index (χ0) is 15.2. The van der Waals surface area contributed by atoms with E-state index in [1.807, 2.05) is 24.3 Å². The topological polar surface area (TPSA) is 9.23 Å². The lowest BCUT2D eigenvalue weighted by Crippen LogP contribution is -2.12. The standard InChI is InChI=1S/C17H17ClF2O/c1-21-15-6-2-4-12(10-15)8-13(11-18)9-14-5-3-7-16(19)17(14)20/h2-7,10,13H,8-9,11H2,1H3. The summed E-state index contributed by atoms with van der Waals surface area (Å²) in [6.07, 6.45) is 1.10. The molecule has 0 aliphatic rings. The van der Waals surface area contributed by atoms with E-state index in [1.165, 1.54) is 6.07 Å². The van der Waals surface area contributed by atoms with Crippen LogP contribution < -0.4 is 4.74 Å². The molecule has 21 heavy (non-hydrogen) atoms. The van der Waals surface area contributed by atoms with E-state index in [0.717, 1.165) is 17.4 Å². The Hall–Kier alpha value is -1.61. The monoisotopic (exact) mass is 310 g/mol. The van der Waals surface area contributed by atoms with Gasteiger partial charge in [0.1, 0.15) is 5.75 Å². The third kappa shape index (κ3) is 4.18. The van der Waals surface area contributed by atoms with Crippen LogP contribution in [0.5, 0.6) is 5.75 Å². The molecule has 2 aromatic carbocycles. The molecule has 1 atom stereocenters. The van der Waals surface area contributed by atoms with Gasteiger partial charge in [0.15, 0.2) is 11.6 Å². The molecule has 0 radical (unpaired) electrons. The average molecular weight is 311 g/mol. The highest BCUT2D eigenvalue weighted by molar-refractivity contribution is 6.18. The number of hydrogen-bond donors (Lipinski definition) is 0. The van der Waals surface area contributed by atoms with Crippen LogP contribution in [0.15, 0.2) is 42.5 Å². The summed E-state index contributed by atoms with van der Waals surface area (Å²) in [7, 11) is 1.61. The smallest absolute Gasteiger partial charge is 0.162 e. The first-order valence-corrected chi connectivity index (χ1v) is 7.29. The predicted octanol–water partition coefficient (Wildman–Crippen LogP) is 4.61. The minimum atomic E-state index is -0.817. The Morgan fingerprint density at radius 3 is 2.57 bits per heavy atom. The zero-order valence-electron chi connectivity index (χ0n) is 11.8. The maximum Gasteiger partial charge on any atom is 0.162 e. The molecule has 4 heteroatoms. The molecular formula is C17H17ClF2O. The van der Waals surface area contributed by atoms with Crippen molar-refractivity contribution >= 4 is 11.6 Å². The Bertz CT molecular complexity index is 601. The summed E-state index contributed by atoms with van der Waals surface area (Å²) in [5, 5.41) is 0. The lowest BCUT2D eigenvalue weighted by molar-refractivity contribution is 0.413. The van der Waals surface area contributed by atoms with Crippen LogP contribution >= 0.6 is 11.6 Å². The second-order valence-electron chi connectivity index (χ2n) is 4.99. The van der Waals surface area contributed by atoms with Crippen LogP contribution in [-0.2, 0) is 12.8 Å². The molecule has 112 valence electrons. The van der Waals surface area contributed by atoms with Crippen molar-refractivity contribution in [2.24, 2.45) is 5.92 Å². The summed E-state index contributed by atoms with van der Waals surface area (Å²) in [5.74, 6) is -0.402. The first-order valence-electron chi connectivity index (χ1n) is 6.75. The van der Waals surface area contributed by atoms with Crippen molar-refractivity contribution in [2.45, 2.75) is 12.8 Å². The summed E-state index contributed by atoms with van der Waals surface area (Å²) in [6.45, 7) is 0. The first-order chi connectivity index (χ1) is 10.1. The van der Waals surface area contributed by atoms with E-state index in [4.69, 9.17) is 16.3 Å². The summed E-state index contributed by atoms with van der Waals surface area (Å²) in [4.78, 5) is 0. The molecule has 0 amide bonds. The van der Waals surface area contributed by atoms with Crippen LogP contribution in [0.25, 0.3) is 0 Å². The number of halogens is 3. The molecule has 0 saturated carbocycles. The third-order valence-corrected chi connectivity index (χ3v) is 3.85. The van der Waals surface area contributed by atoms with E-state index in [-0.39, 0.29) is 5.92 Å². The number of rotatable bonds is 6. The molecule has 0 N–H and O–H groups in total. The Kier molecular flexibility index (Phi) is 5.57. The van der Waals surface area contributed by atoms with Crippen LogP contribution in [0.2, 0.25) is 0 Å². The van der Waals surface area contributed by atoms with Crippen LogP contribution in [0, 0.1) is 17.6 Å². The van der Waals surface area contributed by atoms with Gasteiger partial charge in [-0.05, 0) is 48.1 Å². The Labute approximate surface area is 128 Å². The molecule has 0 aliphatic carbocycles. The number of methoxy groups -OCH3 is 1. The van der Waals surface area contributed by atoms with Crippen molar-refractivity contribution in [1.29, 1.82) is 0 Å². The highest BCUT2D eigenvalue weighted by atomic mass is 35.5. The molecule has 0 fully saturated rings. The molecule has 1 nitrogen and oxygen atoms in total. The van der Waals surface area contributed by atoms with Crippen molar-refractivity contribution in [3.63, 3.8) is 0 Å². The largest absolute Gasteiger partial charge is 0.497 e. The molecule has 0 heterocycles. The molecule has 2 rings (SSSR count). The summed E-state index contributed by atoms with van der Waals surface area (Å²) in [5.41, 5.74) is 1.43. The van der Waals surface area contributed by atoms with E-state index >= 15 is 0 Å². The lowest BCUT2D eigenvalue weighted by Gasteiger charge is -2.15. The average Bonchev–Trinajstić information content (AvgIpc) is 2.51. The van der Waals surface area contributed by atoms with E-state index in [0.29, 0.717) is 24.3 Å². The van der Waals surface area contributed by atoms with Crippen LogP contribution in [-0.4, -0.2) is 13.0 Å². The SMILES string of the molecule is COc1cccc(CC(CCl)Cc2cccc(F)c2F)c1. The predicted molar refractivity (Wildman–Crippen MR) is 81.0 cm³/mol. The van der Waals surface area contributed by atoms with Gasteiger partial charge in [0.2, 0.25) is 0 Å². The van der Waals surface area contributed by atoms with Crippen molar-refractivity contribution in [2.75, 3.05) is 13.0 Å². The van der Waals surface area contributed by atoms with Crippen molar-refractivity contribution in [3.05, 3.63) is 65.2 Å². The molecule has 0 spiro atoms. The van der Waals surface area contributed by atoms with Crippen LogP contribution in [0.1, 0.15) is 11.1 Å². The van der Waals surface area contributed by atoms with Crippen molar-refractivity contribution in [3.8, 4) is 5.75 Å². The minimum Gasteiger partial charge on any atom is -0.497 e. The van der Waals surface area contributed by atoms with Gasteiger partial charge in [-0.2, -0.15) is 0 Å². The molecule has 0 bridgehead atoms. The van der Waals surface area contributed by atoms with Gasteiger partial charge in [-0.25, -0.2) is 8.78 Å². The van der Waals surface area contributed by atoms with Gasteiger partial charge < -0.3 is 4.74 Å². The fraction of sp³-hybridized carbons (Fsp3) is 0.294. The minimum absolute atomic E-state index is 0.0371. The normalized spacial score (nSPS) is 12.2. The number of hydrogen-bond acceptors (Lipinski definition) is 1. The third-order valence-electron chi connectivity index (χ3n) is 3.42. The molecular weight excluding hydrogens is 294 g/mol. The Morgan fingerprint density at radius 2 is 1.86 bits per heavy atom. The number of ether oxygens (including phenoxy) is 1. The maximum absolute atomic E-state index is 13.7. The van der Waals surface area contributed by atoms with Crippen molar-refractivity contribution < 1.29 is 13.5 Å². The summed E-state index contributed by atoms with van der Waals surface area (Å²) >= 11 is 5.99. The highest BCUT2D eigenvalue weighted by Gasteiger charge is 2.15. The van der Waals surface area contributed by atoms with Gasteiger partial charge >= 0.3 is 0 Å². The summed E-state index contributed by atoms with van der Waals surface area (Å²) in [6, 6.07) is 11.9. The van der Waals surface area contributed by atoms with Gasteiger partial charge in [0, 0.05) is 5.88 Å². The van der Waals surface area contributed by atoms with Crippen LogP contribution in [0.3, 0.4) is 0 Å². The Balaban J connectivity index is 2.11. The second kappa shape index (κ2) is 7.41. The molecule has 2 aromatic rings. The highest BCUT2D eigenvalue weighted by Crippen LogP contribution is 2.21. The van der Waals surface area contributed by atoms with Crippen molar-refractivity contribution in [1.82, 2.24) is 0 Å². The fourth-order valence-electron chi connectivity index (χ4n) is 2.33. The molecule has 1 unspecified atom stereocenters. The van der Waals surface area contributed by atoms with E-state index in [9.17, 15) is 8.78 Å². The second-order valence-corrected chi connectivity index (χ2v) is 5.30. The van der Waals surface area contributed by atoms with Gasteiger partial charge in [-0.15, -0.1) is 11.6 Å². The fourth-order valence-corrected chi connectivity index (χ4v) is 2.55. The quantitative estimate of drug-likeness (QED) is 0.708. The van der Waals surface area contributed by atoms with Gasteiger partial charge in [0.05, 0.1) is 7.11 Å².